The van der Waals surface area contributed by atoms with Gasteiger partial charge in [-0.15, -0.1) is 0 Å². The first kappa shape index (κ1) is 13.0. The summed E-state index contributed by atoms with van der Waals surface area (Å²) in [7, 11) is 0. The van der Waals surface area contributed by atoms with E-state index < -0.39 is 0 Å². The standard InChI is InChI=1S/C11H20N2O3/c1-7(2)3-9(6-14)13-11(16)8-4-10(15)12-5-8/h7-9,14H,3-6H2,1-2H3,(H,12,15)(H,13,16). The summed E-state index contributed by atoms with van der Waals surface area (Å²) in [4.78, 5) is 22.7. The van der Waals surface area contributed by atoms with Crippen LogP contribution >= 0.6 is 0 Å². The molecule has 1 fully saturated rings. The minimum Gasteiger partial charge on any atom is -0.394 e. The third-order valence-corrected chi connectivity index (χ3v) is 2.67. The molecule has 1 aliphatic rings. The number of amides is 2. The monoisotopic (exact) mass is 228 g/mol. The molecule has 0 aromatic heterocycles. The van der Waals surface area contributed by atoms with Crippen molar-refractivity contribution in [2.24, 2.45) is 11.8 Å². The fourth-order valence-electron chi connectivity index (χ4n) is 1.86. The summed E-state index contributed by atoms with van der Waals surface area (Å²) in [5.41, 5.74) is 0. The summed E-state index contributed by atoms with van der Waals surface area (Å²) in [5, 5.41) is 14.5. The van der Waals surface area contributed by atoms with Crippen LogP contribution in [0.5, 0.6) is 0 Å². The topological polar surface area (TPSA) is 78.4 Å². The lowest BCUT2D eigenvalue weighted by molar-refractivity contribution is -0.127. The maximum absolute atomic E-state index is 11.7. The van der Waals surface area contributed by atoms with E-state index in [0.29, 0.717) is 12.5 Å². The summed E-state index contributed by atoms with van der Waals surface area (Å²) in [6.07, 6.45) is 1.00. The van der Waals surface area contributed by atoms with E-state index in [9.17, 15) is 9.59 Å². The van der Waals surface area contributed by atoms with Gasteiger partial charge in [0.05, 0.1) is 18.6 Å². The lowest BCUT2D eigenvalue weighted by Gasteiger charge is -2.19. The molecule has 0 aromatic rings. The molecule has 0 aliphatic carbocycles. The van der Waals surface area contributed by atoms with Crippen molar-refractivity contribution in [1.29, 1.82) is 0 Å². The third kappa shape index (κ3) is 3.81. The zero-order chi connectivity index (χ0) is 12.1. The molecule has 1 heterocycles. The van der Waals surface area contributed by atoms with Gasteiger partial charge in [0.2, 0.25) is 11.8 Å². The molecular weight excluding hydrogens is 208 g/mol. The van der Waals surface area contributed by atoms with Crippen LogP contribution in [0.1, 0.15) is 26.7 Å². The Morgan fingerprint density at radius 3 is 2.75 bits per heavy atom. The van der Waals surface area contributed by atoms with Crippen LogP contribution in [0, 0.1) is 11.8 Å². The average Bonchev–Trinajstić information content (AvgIpc) is 2.63. The van der Waals surface area contributed by atoms with Crippen LogP contribution in [0.25, 0.3) is 0 Å². The van der Waals surface area contributed by atoms with Crippen LogP contribution in [0.15, 0.2) is 0 Å². The number of carbonyl (C=O) groups excluding carboxylic acids is 2. The molecular formula is C11H20N2O3. The molecule has 16 heavy (non-hydrogen) atoms. The van der Waals surface area contributed by atoms with Gasteiger partial charge in [-0.25, -0.2) is 0 Å². The molecule has 5 nitrogen and oxygen atoms in total. The van der Waals surface area contributed by atoms with Crippen molar-refractivity contribution in [2.75, 3.05) is 13.2 Å². The summed E-state index contributed by atoms with van der Waals surface area (Å²) >= 11 is 0. The molecule has 2 unspecified atom stereocenters. The van der Waals surface area contributed by atoms with E-state index in [1.807, 2.05) is 13.8 Å². The van der Waals surface area contributed by atoms with Gasteiger partial charge < -0.3 is 15.7 Å². The van der Waals surface area contributed by atoms with Crippen molar-refractivity contribution in [3.05, 3.63) is 0 Å². The van der Waals surface area contributed by atoms with E-state index >= 15 is 0 Å². The van der Waals surface area contributed by atoms with Crippen LogP contribution in [0.2, 0.25) is 0 Å². The summed E-state index contributed by atoms with van der Waals surface area (Å²) in [6, 6.07) is -0.205. The van der Waals surface area contributed by atoms with Gasteiger partial charge in [-0.2, -0.15) is 0 Å². The second-order valence-electron chi connectivity index (χ2n) is 4.72. The Morgan fingerprint density at radius 1 is 1.62 bits per heavy atom. The fraction of sp³-hybridized carbons (Fsp3) is 0.818. The Balaban J connectivity index is 2.39. The van der Waals surface area contributed by atoms with E-state index in [-0.39, 0.29) is 36.8 Å². The highest BCUT2D eigenvalue weighted by molar-refractivity contribution is 5.89. The van der Waals surface area contributed by atoms with Gasteiger partial charge in [-0.1, -0.05) is 13.8 Å². The molecule has 2 atom stereocenters. The van der Waals surface area contributed by atoms with Gasteiger partial charge in [-0.05, 0) is 12.3 Å². The number of aliphatic hydroxyl groups is 1. The van der Waals surface area contributed by atoms with Crippen LogP contribution < -0.4 is 10.6 Å². The number of nitrogens with one attached hydrogen (secondary N) is 2. The highest BCUT2D eigenvalue weighted by atomic mass is 16.3. The molecule has 2 amide bonds. The highest BCUT2D eigenvalue weighted by Gasteiger charge is 2.29. The predicted molar refractivity (Wildman–Crippen MR) is 59.6 cm³/mol. The number of aliphatic hydroxyl groups excluding tert-OH is 1. The normalized spacial score (nSPS) is 22.0. The Kier molecular flexibility index (Phi) is 4.73. The van der Waals surface area contributed by atoms with Crippen molar-refractivity contribution < 1.29 is 14.7 Å². The zero-order valence-electron chi connectivity index (χ0n) is 9.82. The van der Waals surface area contributed by atoms with Gasteiger partial charge in [0.25, 0.3) is 0 Å². The van der Waals surface area contributed by atoms with Crippen molar-refractivity contribution in [3.63, 3.8) is 0 Å². The summed E-state index contributed by atoms with van der Waals surface area (Å²) in [5.74, 6) is -0.0860. The predicted octanol–water partition coefficient (Wildman–Crippen LogP) is -0.354. The molecule has 0 aromatic carbocycles. The summed E-state index contributed by atoms with van der Waals surface area (Å²) in [6.45, 7) is 4.42. The van der Waals surface area contributed by atoms with Crippen molar-refractivity contribution in [1.82, 2.24) is 10.6 Å². The van der Waals surface area contributed by atoms with Crippen LogP contribution in [0.4, 0.5) is 0 Å². The van der Waals surface area contributed by atoms with Gasteiger partial charge in [0, 0.05) is 13.0 Å². The Labute approximate surface area is 95.6 Å². The molecule has 0 bridgehead atoms. The van der Waals surface area contributed by atoms with E-state index in [2.05, 4.69) is 10.6 Å². The van der Waals surface area contributed by atoms with Crippen LogP contribution in [0.3, 0.4) is 0 Å². The Bertz CT molecular complexity index is 266. The molecule has 1 saturated heterocycles. The van der Waals surface area contributed by atoms with Gasteiger partial charge in [0.15, 0.2) is 0 Å². The molecule has 92 valence electrons. The van der Waals surface area contributed by atoms with Crippen LogP contribution in [-0.2, 0) is 9.59 Å². The van der Waals surface area contributed by atoms with Crippen molar-refractivity contribution in [2.45, 2.75) is 32.7 Å². The number of carbonyl (C=O) groups is 2. The first-order valence-electron chi connectivity index (χ1n) is 5.70. The van der Waals surface area contributed by atoms with Gasteiger partial charge >= 0.3 is 0 Å². The lowest BCUT2D eigenvalue weighted by Crippen LogP contribution is -2.42. The number of hydrogen-bond acceptors (Lipinski definition) is 3. The summed E-state index contributed by atoms with van der Waals surface area (Å²) < 4.78 is 0. The van der Waals surface area contributed by atoms with E-state index in [4.69, 9.17) is 5.11 Å². The molecule has 5 heteroatoms. The second-order valence-corrected chi connectivity index (χ2v) is 4.72. The van der Waals surface area contributed by atoms with Gasteiger partial charge in [0.1, 0.15) is 0 Å². The first-order chi connectivity index (χ1) is 7.52. The molecule has 0 spiro atoms. The molecule has 0 radical (unpaired) electrons. The number of hydrogen-bond donors (Lipinski definition) is 3. The Morgan fingerprint density at radius 2 is 2.31 bits per heavy atom. The largest absolute Gasteiger partial charge is 0.394 e. The third-order valence-electron chi connectivity index (χ3n) is 2.67. The van der Waals surface area contributed by atoms with Crippen molar-refractivity contribution >= 4 is 11.8 Å². The Hall–Kier alpha value is -1.10. The minimum absolute atomic E-state index is 0.0575. The number of rotatable bonds is 5. The van der Waals surface area contributed by atoms with Gasteiger partial charge in [-0.3, -0.25) is 9.59 Å². The lowest BCUT2D eigenvalue weighted by atomic mass is 10.0. The smallest absolute Gasteiger partial charge is 0.225 e. The molecule has 1 aliphatic heterocycles. The molecule has 3 N–H and O–H groups in total. The van der Waals surface area contributed by atoms with Crippen molar-refractivity contribution in [3.8, 4) is 0 Å². The quantitative estimate of drug-likeness (QED) is 0.601. The highest BCUT2D eigenvalue weighted by Crippen LogP contribution is 2.10. The van der Waals surface area contributed by atoms with E-state index in [1.54, 1.807) is 0 Å². The molecule has 0 saturated carbocycles. The minimum atomic E-state index is -0.284. The second kappa shape index (κ2) is 5.84. The van der Waals surface area contributed by atoms with E-state index in [0.717, 1.165) is 6.42 Å². The fourth-order valence-corrected chi connectivity index (χ4v) is 1.86. The average molecular weight is 228 g/mol. The molecule has 1 rings (SSSR count). The SMILES string of the molecule is CC(C)CC(CO)NC(=O)C1CNC(=O)C1. The van der Waals surface area contributed by atoms with E-state index in [1.165, 1.54) is 0 Å². The zero-order valence-corrected chi connectivity index (χ0v) is 9.82. The maximum atomic E-state index is 11.7. The first-order valence-corrected chi connectivity index (χ1v) is 5.70. The van der Waals surface area contributed by atoms with Crippen LogP contribution in [-0.4, -0.2) is 36.1 Å². The maximum Gasteiger partial charge on any atom is 0.225 e.